The van der Waals surface area contributed by atoms with Crippen molar-refractivity contribution in [1.29, 1.82) is 0 Å². The quantitative estimate of drug-likeness (QED) is 0.789. The first-order valence-corrected chi connectivity index (χ1v) is 7.90. The van der Waals surface area contributed by atoms with Crippen LogP contribution in [0.3, 0.4) is 0 Å². The van der Waals surface area contributed by atoms with E-state index < -0.39 is 0 Å². The minimum atomic E-state index is -0.389. The second-order valence-corrected chi connectivity index (χ2v) is 6.63. The smallest absolute Gasteiger partial charge is 0.297 e. The van der Waals surface area contributed by atoms with Gasteiger partial charge in [0.2, 0.25) is 5.95 Å². The molecule has 0 aromatic carbocycles. The van der Waals surface area contributed by atoms with Gasteiger partial charge in [0.15, 0.2) is 11.2 Å². The molecule has 3 rings (SSSR count). The minimum absolute atomic E-state index is 0.0884. The van der Waals surface area contributed by atoms with Crippen molar-refractivity contribution < 1.29 is 0 Å². The fraction of sp³-hybridized carbons (Fsp3) is 0.500. The van der Waals surface area contributed by atoms with E-state index in [9.17, 15) is 9.59 Å². The normalized spacial score (nSPS) is 14.2. The van der Waals surface area contributed by atoms with E-state index in [1.165, 1.54) is 9.13 Å². The summed E-state index contributed by atoms with van der Waals surface area (Å²) >= 11 is 0. The Kier molecular flexibility index (Phi) is 3.70. The fourth-order valence-corrected chi connectivity index (χ4v) is 2.93. The Morgan fingerprint density at radius 1 is 1.33 bits per heavy atom. The van der Waals surface area contributed by atoms with E-state index in [-0.39, 0.29) is 23.8 Å². The lowest BCUT2D eigenvalue weighted by atomic mass is 10.3. The SMILES string of the molecule is C=C(C)Cn1c(=O)c2c(nc3n2CC(C)=NN3C(C)C)n(C)c1=O. The summed E-state index contributed by atoms with van der Waals surface area (Å²) in [6, 6.07) is 0.0884. The van der Waals surface area contributed by atoms with Gasteiger partial charge in [0.05, 0.1) is 24.8 Å². The van der Waals surface area contributed by atoms with Gasteiger partial charge in [-0.25, -0.2) is 9.80 Å². The Hall–Kier alpha value is -2.64. The lowest BCUT2D eigenvalue weighted by Crippen LogP contribution is -2.40. The van der Waals surface area contributed by atoms with Gasteiger partial charge < -0.3 is 0 Å². The summed E-state index contributed by atoms with van der Waals surface area (Å²) in [6.07, 6.45) is 0. The molecular weight excluding hydrogens is 308 g/mol. The molecule has 0 saturated heterocycles. The molecule has 0 amide bonds. The second-order valence-electron chi connectivity index (χ2n) is 6.63. The number of anilines is 1. The lowest BCUT2D eigenvalue weighted by Gasteiger charge is -2.27. The highest BCUT2D eigenvalue weighted by Crippen LogP contribution is 2.25. The number of aromatic nitrogens is 4. The van der Waals surface area contributed by atoms with Crippen LogP contribution in [0.2, 0.25) is 0 Å². The van der Waals surface area contributed by atoms with Crippen LogP contribution in [0.15, 0.2) is 26.8 Å². The van der Waals surface area contributed by atoms with E-state index in [0.717, 1.165) is 11.3 Å². The highest BCUT2D eigenvalue weighted by atomic mass is 16.2. The van der Waals surface area contributed by atoms with Crippen LogP contribution in [-0.4, -0.2) is 30.4 Å². The number of hydrazone groups is 1. The molecule has 0 unspecified atom stereocenters. The molecule has 0 saturated carbocycles. The third kappa shape index (κ3) is 2.29. The number of hydrogen-bond donors (Lipinski definition) is 0. The highest BCUT2D eigenvalue weighted by Gasteiger charge is 2.27. The van der Waals surface area contributed by atoms with Crippen LogP contribution in [0, 0.1) is 0 Å². The molecule has 24 heavy (non-hydrogen) atoms. The van der Waals surface area contributed by atoms with Crippen molar-refractivity contribution in [3.05, 3.63) is 33.0 Å². The van der Waals surface area contributed by atoms with Crippen molar-refractivity contribution in [3.8, 4) is 0 Å². The predicted octanol–water partition coefficient (Wildman–Crippen LogP) is 1.08. The molecule has 128 valence electrons. The van der Waals surface area contributed by atoms with E-state index in [0.29, 0.717) is 23.7 Å². The standard InChI is InChI=1S/C16H22N6O2/c1-9(2)7-21-14(23)12-13(19(6)16(21)24)17-15-20(12)8-11(5)18-22(15)10(3)4/h10H,1,7-8H2,2-6H3. The van der Waals surface area contributed by atoms with Gasteiger partial charge in [-0.3, -0.25) is 18.5 Å². The number of nitrogens with zero attached hydrogens (tertiary/aromatic N) is 6. The summed E-state index contributed by atoms with van der Waals surface area (Å²) in [6.45, 7) is 12.2. The topological polar surface area (TPSA) is 77.4 Å². The Balaban J connectivity index is 2.40. The van der Waals surface area contributed by atoms with E-state index in [1.54, 1.807) is 19.0 Å². The zero-order valence-corrected chi connectivity index (χ0v) is 14.7. The molecular formula is C16H22N6O2. The molecule has 8 nitrogen and oxygen atoms in total. The Morgan fingerprint density at radius 3 is 2.58 bits per heavy atom. The van der Waals surface area contributed by atoms with Crippen LogP contribution in [0.1, 0.15) is 27.7 Å². The van der Waals surface area contributed by atoms with Crippen LogP contribution in [0.25, 0.3) is 11.2 Å². The molecule has 0 N–H and O–H groups in total. The van der Waals surface area contributed by atoms with Crippen molar-refractivity contribution in [2.75, 3.05) is 5.01 Å². The molecule has 0 atom stereocenters. The number of rotatable bonds is 3. The zero-order valence-electron chi connectivity index (χ0n) is 14.7. The highest BCUT2D eigenvalue weighted by molar-refractivity contribution is 5.87. The van der Waals surface area contributed by atoms with E-state index >= 15 is 0 Å². The van der Waals surface area contributed by atoms with Crippen molar-refractivity contribution in [2.45, 2.75) is 46.8 Å². The van der Waals surface area contributed by atoms with Gasteiger partial charge in [-0.05, 0) is 27.7 Å². The molecule has 1 aliphatic rings. The van der Waals surface area contributed by atoms with Crippen LogP contribution < -0.4 is 16.3 Å². The number of imidazole rings is 1. The molecule has 2 aromatic heterocycles. The fourth-order valence-electron chi connectivity index (χ4n) is 2.93. The average molecular weight is 330 g/mol. The molecule has 0 aliphatic carbocycles. The lowest BCUT2D eigenvalue weighted by molar-refractivity contribution is 0.638. The molecule has 0 bridgehead atoms. The van der Waals surface area contributed by atoms with Crippen LogP contribution >= 0.6 is 0 Å². The van der Waals surface area contributed by atoms with Crippen LogP contribution in [0.5, 0.6) is 0 Å². The summed E-state index contributed by atoms with van der Waals surface area (Å²) in [7, 11) is 1.63. The van der Waals surface area contributed by atoms with Crippen LogP contribution in [-0.2, 0) is 20.1 Å². The average Bonchev–Trinajstić information content (AvgIpc) is 2.87. The van der Waals surface area contributed by atoms with Crippen LogP contribution in [0.4, 0.5) is 5.95 Å². The third-order valence-corrected chi connectivity index (χ3v) is 4.00. The van der Waals surface area contributed by atoms with E-state index in [4.69, 9.17) is 0 Å². The van der Waals surface area contributed by atoms with E-state index in [2.05, 4.69) is 16.7 Å². The summed E-state index contributed by atoms with van der Waals surface area (Å²) in [5.41, 5.74) is 1.71. The van der Waals surface area contributed by atoms with Crippen molar-refractivity contribution in [2.24, 2.45) is 12.1 Å². The monoisotopic (exact) mass is 330 g/mol. The van der Waals surface area contributed by atoms with Gasteiger partial charge in [0, 0.05) is 7.05 Å². The summed E-state index contributed by atoms with van der Waals surface area (Å²) in [5.74, 6) is 0.589. The Labute approximate surface area is 139 Å². The number of aryl methyl sites for hydroxylation is 1. The maximum absolute atomic E-state index is 12.9. The molecule has 0 radical (unpaired) electrons. The van der Waals surface area contributed by atoms with Crippen molar-refractivity contribution >= 4 is 22.8 Å². The van der Waals surface area contributed by atoms with E-state index in [1.807, 2.05) is 25.3 Å². The van der Waals surface area contributed by atoms with Crippen molar-refractivity contribution in [1.82, 2.24) is 18.7 Å². The first-order chi connectivity index (χ1) is 11.2. The zero-order chi connectivity index (χ0) is 17.8. The second kappa shape index (κ2) is 5.47. The molecule has 1 aliphatic heterocycles. The maximum atomic E-state index is 12.9. The number of hydrogen-bond acceptors (Lipinski definition) is 5. The van der Waals surface area contributed by atoms with Gasteiger partial charge in [-0.2, -0.15) is 10.1 Å². The largest absolute Gasteiger partial charge is 0.332 e. The summed E-state index contributed by atoms with van der Waals surface area (Å²) < 4.78 is 4.47. The Bertz CT molecular complexity index is 989. The van der Waals surface area contributed by atoms with Gasteiger partial charge in [0.1, 0.15) is 0 Å². The number of fused-ring (bicyclic) bond motifs is 3. The predicted molar refractivity (Wildman–Crippen MR) is 94.8 cm³/mol. The molecule has 3 heterocycles. The van der Waals surface area contributed by atoms with Crippen molar-refractivity contribution in [3.63, 3.8) is 0 Å². The molecule has 0 fully saturated rings. The van der Waals surface area contributed by atoms with Gasteiger partial charge in [0.25, 0.3) is 5.56 Å². The maximum Gasteiger partial charge on any atom is 0.332 e. The number of allylic oxidation sites excluding steroid dienone is 1. The molecule has 0 spiro atoms. The first kappa shape index (κ1) is 16.2. The first-order valence-electron chi connectivity index (χ1n) is 7.90. The van der Waals surface area contributed by atoms with Gasteiger partial charge >= 0.3 is 5.69 Å². The van der Waals surface area contributed by atoms with Gasteiger partial charge in [-0.1, -0.05) is 12.2 Å². The Morgan fingerprint density at radius 2 is 2.00 bits per heavy atom. The van der Waals surface area contributed by atoms with Gasteiger partial charge in [-0.15, -0.1) is 0 Å². The summed E-state index contributed by atoms with van der Waals surface area (Å²) in [5, 5.41) is 6.31. The summed E-state index contributed by atoms with van der Waals surface area (Å²) in [4.78, 5) is 30.0. The third-order valence-electron chi connectivity index (χ3n) is 4.00. The minimum Gasteiger partial charge on any atom is -0.297 e. The molecule has 8 heteroatoms. The molecule has 2 aromatic rings.